The maximum absolute atomic E-state index is 4.30. The summed E-state index contributed by atoms with van der Waals surface area (Å²) >= 11 is 1.65. The van der Waals surface area contributed by atoms with E-state index < -0.39 is 0 Å². The molecular weight excluding hydrogens is 192 g/mol. The molecule has 2 nitrogen and oxygen atoms in total. The Balaban J connectivity index is 2.33. The number of nitrogens with zero attached hydrogens (tertiary/aromatic N) is 1. The van der Waals surface area contributed by atoms with Gasteiger partial charge < -0.3 is 4.98 Å². The molecule has 0 aliphatic carbocycles. The van der Waals surface area contributed by atoms with Crippen LogP contribution in [0.2, 0.25) is 0 Å². The zero-order valence-corrected chi connectivity index (χ0v) is 8.21. The van der Waals surface area contributed by atoms with Gasteiger partial charge in [0.05, 0.1) is 5.69 Å². The van der Waals surface area contributed by atoms with Crippen LogP contribution in [0.15, 0.2) is 42.0 Å². The molecule has 2 aromatic heterocycles. The second-order valence-corrected chi connectivity index (χ2v) is 3.98. The zero-order valence-electron chi connectivity index (χ0n) is 7.40. The van der Waals surface area contributed by atoms with Gasteiger partial charge >= 0.3 is 0 Å². The third kappa shape index (κ3) is 1.06. The molecule has 0 radical (unpaired) electrons. The number of hydrogen-bond donors (Lipinski definition) is 1. The fourth-order valence-corrected chi connectivity index (χ4v) is 2.26. The summed E-state index contributed by atoms with van der Waals surface area (Å²) in [6, 6.07) is 8.31. The molecule has 1 N–H and O–H groups in total. The minimum atomic E-state index is 1.05. The molecule has 0 aliphatic rings. The van der Waals surface area contributed by atoms with Crippen LogP contribution in [0.25, 0.3) is 21.5 Å². The van der Waals surface area contributed by atoms with Gasteiger partial charge in [0, 0.05) is 23.2 Å². The summed E-state index contributed by atoms with van der Waals surface area (Å²) in [7, 11) is 0. The van der Waals surface area contributed by atoms with Gasteiger partial charge in [-0.1, -0.05) is 24.3 Å². The molecule has 0 bridgehead atoms. The lowest BCUT2D eigenvalue weighted by Crippen LogP contribution is -1.74. The van der Waals surface area contributed by atoms with E-state index >= 15 is 0 Å². The van der Waals surface area contributed by atoms with Crippen LogP contribution in [0, 0.1) is 0 Å². The summed E-state index contributed by atoms with van der Waals surface area (Å²) in [6.45, 7) is 0. The topological polar surface area (TPSA) is 28.7 Å². The molecule has 0 spiro atoms. The fraction of sp³-hybridized carbons (Fsp3) is 0. The van der Waals surface area contributed by atoms with Gasteiger partial charge in [-0.05, 0) is 5.39 Å². The summed E-state index contributed by atoms with van der Waals surface area (Å²) in [5.74, 6) is 0. The first-order valence-electron chi connectivity index (χ1n) is 4.41. The van der Waals surface area contributed by atoms with Gasteiger partial charge in [-0.25, -0.2) is 4.98 Å². The SMILES string of the molecule is c1ccc2c(-c3nccs3)[nH]cc2c1. The minimum absolute atomic E-state index is 1.05. The predicted octanol–water partition coefficient (Wildman–Crippen LogP) is 3.29. The lowest BCUT2D eigenvalue weighted by atomic mass is 10.2. The molecule has 0 aliphatic heterocycles. The van der Waals surface area contributed by atoms with Crippen molar-refractivity contribution in [2.45, 2.75) is 0 Å². The highest BCUT2D eigenvalue weighted by molar-refractivity contribution is 7.13. The van der Waals surface area contributed by atoms with Crippen molar-refractivity contribution < 1.29 is 0 Å². The molecular formula is C11H8N2S. The van der Waals surface area contributed by atoms with Crippen molar-refractivity contribution in [1.82, 2.24) is 9.97 Å². The monoisotopic (exact) mass is 200 g/mol. The Hall–Kier alpha value is -1.61. The van der Waals surface area contributed by atoms with Gasteiger partial charge in [-0.2, -0.15) is 0 Å². The number of thiazole rings is 1. The highest BCUT2D eigenvalue weighted by atomic mass is 32.1. The van der Waals surface area contributed by atoms with Crippen molar-refractivity contribution in [1.29, 1.82) is 0 Å². The molecule has 3 heteroatoms. The molecule has 0 amide bonds. The van der Waals surface area contributed by atoms with E-state index in [0.29, 0.717) is 0 Å². The van der Waals surface area contributed by atoms with Gasteiger partial charge in [0.15, 0.2) is 0 Å². The molecule has 0 atom stereocenters. The molecule has 0 fully saturated rings. The van der Waals surface area contributed by atoms with E-state index in [1.807, 2.05) is 29.9 Å². The number of hydrogen-bond acceptors (Lipinski definition) is 2. The number of aromatic nitrogens is 2. The first kappa shape index (κ1) is 7.76. The highest BCUT2D eigenvalue weighted by Crippen LogP contribution is 2.28. The van der Waals surface area contributed by atoms with E-state index in [-0.39, 0.29) is 0 Å². The summed E-state index contributed by atoms with van der Waals surface area (Å²) in [6.07, 6.45) is 3.85. The van der Waals surface area contributed by atoms with Crippen LogP contribution in [0.5, 0.6) is 0 Å². The van der Waals surface area contributed by atoms with Crippen LogP contribution >= 0.6 is 11.3 Å². The van der Waals surface area contributed by atoms with Crippen molar-refractivity contribution in [3.63, 3.8) is 0 Å². The predicted molar refractivity (Wildman–Crippen MR) is 59.4 cm³/mol. The largest absolute Gasteiger partial charge is 0.358 e. The van der Waals surface area contributed by atoms with Crippen LogP contribution in [0.1, 0.15) is 0 Å². The minimum Gasteiger partial charge on any atom is -0.358 e. The second-order valence-electron chi connectivity index (χ2n) is 3.09. The third-order valence-electron chi connectivity index (χ3n) is 2.25. The molecule has 2 heterocycles. The maximum atomic E-state index is 4.30. The van der Waals surface area contributed by atoms with Crippen LogP contribution < -0.4 is 0 Å². The number of H-pyrrole nitrogens is 1. The Kier molecular flexibility index (Phi) is 1.64. The smallest absolute Gasteiger partial charge is 0.140 e. The van der Waals surface area contributed by atoms with E-state index in [2.05, 4.69) is 22.1 Å². The first-order valence-corrected chi connectivity index (χ1v) is 5.29. The van der Waals surface area contributed by atoms with Gasteiger partial charge in [-0.3, -0.25) is 0 Å². The Bertz CT molecular complexity index is 551. The van der Waals surface area contributed by atoms with Crippen LogP contribution in [-0.2, 0) is 0 Å². The van der Waals surface area contributed by atoms with Gasteiger partial charge in [0.2, 0.25) is 0 Å². The molecule has 3 aromatic rings. The lowest BCUT2D eigenvalue weighted by Gasteiger charge is -1.92. The maximum Gasteiger partial charge on any atom is 0.140 e. The quantitative estimate of drug-likeness (QED) is 0.641. The summed E-state index contributed by atoms with van der Waals surface area (Å²) in [5, 5.41) is 5.51. The normalized spacial score (nSPS) is 10.9. The standard InChI is InChI=1S/C11H8N2S/c1-2-4-9-8(3-1)7-13-10(9)11-12-5-6-14-11/h1-7,13H. The van der Waals surface area contributed by atoms with Crippen molar-refractivity contribution in [2.24, 2.45) is 0 Å². The average Bonchev–Trinajstić information content (AvgIpc) is 2.85. The molecule has 1 aromatic carbocycles. The summed E-state index contributed by atoms with van der Waals surface area (Å²) in [4.78, 5) is 7.56. The molecule has 14 heavy (non-hydrogen) atoms. The number of aromatic amines is 1. The molecule has 0 saturated heterocycles. The van der Waals surface area contributed by atoms with Crippen LogP contribution in [0.3, 0.4) is 0 Å². The van der Waals surface area contributed by atoms with Crippen LogP contribution in [0.4, 0.5) is 0 Å². The van der Waals surface area contributed by atoms with Gasteiger partial charge in [0.25, 0.3) is 0 Å². The summed E-state index contributed by atoms with van der Waals surface area (Å²) < 4.78 is 0. The fourth-order valence-electron chi connectivity index (χ4n) is 1.60. The Morgan fingerprint density at radius 3 is 3.00 bits per heavy atom. The number of rotatable bonds is 1. The van der Waals surface area contributed by atoms with Crippen molar-refractivity contribution in [3.8, 4) is 10.7 Å². The summed E-state index contributed by atoms with van der Waals surface area (Å²) in [5.41, 5.74) is 1.12. The van der Waals surface area contributed by atoms with Gasteiger partial charge in [0.1, 0.15) is 5.01 Å². The highest BCUT2D eigenvalue weighted by Gasteiger charge is 2.06. The van der Waals surface area contributed by atoms with E-state index in [1.54, 1.807) is 11.3 Å². The number of nitrogens with one attached hydrogen (secondary N) is 1. The first-order chi connectivity index (χ1) is 6.95. The molecule has 68 valence electrons. The van der Waals surface area contributed by atoms with E-state index in [4.69, 9.17) is 0 Å². The average molecular weight is 200 g/mol. The van der Waals surface area contributed by atoms with E-state index in [1.165, 1.54) is 10.8 Å². The number of benzene rings is 1. The van der Waals surface area contributed by atoms with Crippen LogP contribution in [-0.4, -0.2) is 9.97 Å². The lowest BCUT2D eigenvalue weighted by molar-refractivity contribution is 1.35. The van der Waals surface area contributed by atoms with Crippen molar-refractivity contribution in [3.05, 3.63) is 42.0 Å². The van der Waals surface area contributed by atoms with E-state index in [9.17, 15) is 0 Å². The second kappa shape index (κ2) is 2.96. The Morgan fingerprint density at radius 2 is 2.14 bits per heavy atom. The van der Waals surface area contributed by atoms with E-state index in [0.717, 1.165) is 10.7 Å². The number of fused-ring (bicyclic) bond motifs is 1. The zero-order chi connectivity index (χ0) is 9.38. The van der Waals surface area contributed by atoms with Crippen molar-refractivity contribution in [2.75, 3.05) is 0 Å². The Morgan fingerprint density at radius 1 is 1.21 bits per heavy atom. The van der Waals surface area contributed by atoms with Crippen molar-refractivity contribution >= 4 is 22.1 Å². The molecule has 0 unspecified atom stereocenters. The molecule has 0 saturated carbocycles. The third-order valence-corrected chi connectivity index (χ3v) is 3.04. The van der Waals surface area contributed by atoms with Gasteiger partial charge in [-0.15, -0.1) is 11.3 Å². The Labute approximate surface area is 85.2 Å². The molecule has 3 rings (SSSR count).